The number of halogens is 1. The van der Waals surface area contributed by atoms with Crippen LogP contribution in [0, 0.1) is 11.2 Å². The Bertz CT molecular complexity index is 484. The van der Waals surface area contributed by atoms with Gasteiger partial charge in [-0.3, -0.25) is 4.79 Å². The summed E-state index contributed by atoms with van der Waals surface area (Å²) in [5, 5.41) is 12.2. The third kappa shape index (κ3) is 3.04. The molecule has 2 rings (SSSR count). The number of carboxylic acid groups (broad SMARTS) is 1. The number of ether oxygens (including phenoxy) is 1. The molecule has 1 aromatic rings. The predicted molar refractivity (Wildman–Crippen MR) is 68.6 cm³/mol. The van der Waals surface area contributed by atoms with Gasteiger partial charge in [0.25, 0.3) is 0 Å². The lowest BCUT2D eigenvalue weighted by atomic mass is 9.67. The maximum atomic E-state index is 13.3. The summed E-state index contributed by atoms with van der Waals surface area (Å²) in [5.74, 6) is -0.598. The number of rotatable bonds is 5. The Labute approximate surface area is 111 Å². The Morgan fingerprint density at radius 3 is 2.79 bits per heavy atom. The molecular weight excluding hydrogens is 249 g/mol. The van der Waals surface area contributed by atoms with E-state index < -0.39 is 11.4 Å². The molecule has 0 amide bonds. The first kappa shape index (κ1) is 13.8. The summed E-state index contributed by atoms with van der Waals surface area (Å²) in [4.78, 5) is 11.0. The average molecular weight is 267 g/mol. The van der Waals surface area contributed by atoms with Crippen LogP contribution < -0.4 is 10.1 Å². The number of aliphatic carboxylic acids is 1. The lowest BCUT2D eigenvalue weighted by molar-refractivity contribution is -0.154. The fourth-order valence-electron chi connectivity index (χ4n) is 2.45. The highest BCUT2D eigenvalue weighted by atomic mass is 19.1. The molecule has 1 fully saturated rings. The van der Waals surface area contributed by atoms with Crippen molar-refractivity contribution in [3.8, 4) is 5.75 Å². The van der Waals surface area contributed by atoms with Crippen LogP contribution in [0.5, 0.6) is 5.75 Å². The van der Waals surface area contributed by atoms with E-state index in [0.29, 0.717) is 25.1 Å². The normalized spacial score (nSPS) is 25.7. The maximum absolute atomic E-state index is 13.3. The molecule has 0 spiro atoms. The average Bonchev–Trinajstić information content (AvgIpc) is 2.32. The first-order valence-corrected chi connectivity index (χ1v) is 6.23. The molecule has 0 saturated heterocycles. The number of hydrogen-bond donors (Lipinski definition) is 2. The third-order valence-corrected chi connectivity index (χ3v) is 3.67. The molecule has 0 aromatic heterocycles. The molecular formula is C14H18FNO3. The molecule has 19 heavy (non-hydrogen) atoms. The van der Waals surface area contributed by atoms with Gasteiger partial charge in [-0.25, -0.2) is 4.39 Å². The van der Waals surface area contributed by atoms with Crippen molar-refractivity contribution in [1.82, 2.24) is 5.32 Å². The van der Waals surface area contributed by atoms with Gasteiger partial charge in [0, 0.05) is 18.7 Å². The summed E-state index contributed by atoms with van der Waals surface area (Å²) < 4.78 is 18.3. The van der Waals surface area contributed by atoms with E-state index in [1.54, 1.807) is 13.0 Å². The van der Waals surface area contributed by atoms with E-state index in [9.17, 15) is 9.18 Å². The number of carboxylic acids is 1. The van der Waals surface area contributed by atoms with Crippen molar-refractivity contribution in [2.45, 2.75) is 32.4 Å². The van der Waals surface area contributed by atoms with Crippen molar-refractivity contribution in [2.24, 2.45) is 5.41 Å². The van der Waals surface area contributed by atoms with Crippen molar-refractivity contribution < 1.29 is 19.0 Å². The second-order valence-electron chi connectivity index (χ2n) is 5.35. The Balaban J connectivity index is 1.87. The molecule has 0 atom stereocenters. The fraction of sp³-hybridized carbons (Fsp3) is 0.500. The van der Waals surface area contributed by atoms with E-state index in [1.807, 2.05) is 0 Å². The molecule has 4 nitrogen and oxygen atoms in total. The van der Waals surface area contributed by atoms with Crippen LogP contribution in [0.1, 0.15) is 25.3 Å². The van der Waals surface area contributed by atoms with Crippen molar-refractivity contribution >= 4 is 5.97 Å². The minimum absolute atomic E-state index is 0.176. The molecule has 5 heteroatoms. The standard InChI is InChI=1S/C14H18FNO3/c1-14(13(17)18)6-11(7-14)16-8-9-3-10(15)5-12(4-9)19-2/h3-5,11,16H,6-8H2,1-2H3,(H,17,18). The van der Waals surface area contributed by atoms with Crippen LogP contribution >= 0.6 is 0 Å². The summed E-state index contributed by atoms with van der Waals surface area (Å²) in [5.41, 5.74) is 0.179. The van der Waals surface area contributed by atoms with E-state index in [2.05, 4.69) is 5.32 Å². The number of carbonyl (C=O) groups is 1. The van der Waals surface area contributed by atoms with Crippen LogP contribution in [0.3, 0.4) is 0 Å². The van der Waals surface area contributed by atoms with Gasteiger partial charge in [-0.15, -0.1) is 0 Å². The number of nitrogens with one attached hydrogen (secondary N) is 1. The van der Waals surface area contributed by atoms with Crippen LogP contribution in [0.15, 0.2) is 18.2 Å². The van der Waals surface area contributed by atoms with Crippen molar-refractivity contribution in [3.63, 3.8) is 0 Å². The van der Waals surface area contributed by atoms with Crippen molar-refractivity contribution in [1.29, 1.82) is 0 Å². The molecule has 0 radical (unpaired) electrons. The molecule has 0 bridgehead atoms. The predicted octanol–water partition coefficient (Wildman–Crippen LogP) is 2.18. The SMILES string of the molecule is COc1cc(F)cc(CNC2CC(C)(C(=O)O)C2)c1. The van der Waals surface area contributed by atoms with Crippen LogP contribution in [0.2, 0.25) is 0 Å². The van der Waals surface area contributed by atoms with Crippen LogP contribution in [0.25, 0.3) is 0 Å². The largest absolute Gasteiger partial charge is 0.497 e. The summed E-state index contributed by atoms with van der Waals surface area (Å²) >= 11 is 0. The Morgan fingerprint density at radius 2 is 2.21 bits per heavy atom. The van der Waals surface area contributed by atoms with Gasteiger partial charge in [-0.2, -0.15) is 0 Å². The van der Waals surface area contributed by atoms with Gasteiger partial charge in [0.05, 0.1) is 12.5 Å². The van der Waals surface area contributed by atoms with Crippen LogP contribution in [-0.2, 0) is 11.3 Å². The Kier molecular flexibility index (Phi) is 3.75. The zero-order chi connectivity index (χ0) is 14.0. The molecule has 0 aliphatic heterocycles. The third-order valence-electron chi connectivity index (χ3n) is 3.67. The summed E-state index contributed by atoms with van der Waals surface area (Å²) in [6.45, 7) is 2.26. The first-order chi connectivity index (χ1) is 8.93. The number of benzene rings is 1. The quantitative estimate of drug-likeness (QED) is 0.858. The van der Waals surface area contributed by atoms with Crippen molar-refractivity contribution in [3.05, 3.63) is 29.6 Å². The smallest absolute Gasteiger partial charge is 0.309 e. The fourth-order valence-corrected chi connectivity index (χ4v) is 2.45. The van der Waals surface area contributed by atoms with Gasteiger partial charge < -0.3 is 15.2 Å². The lowest BCUT2D eigenvalue weighted by Gasteiger charge is -2.42. The van der Waals surface area contributed by atoms with Gasteiger partial charge >= 0.3 is 5.97 Å². The molecule has 1 aliphatic carbocycles. The van der Waals surface area contributed by atoms with Crippen molar-refractivity contribution in [2.75, 3.05) is 7.11 Å². The summed E-state index contributed by atoms with van der Waals surface area (Å²) in [6.07, 6.45) is 1.21. The lowest BCUT2D eigenvalue weighted by Crippen LogP contribution is -2.51. The highest BCUT2D eigenvalue weighted by Crippen LogP contribution is 2.40. The minimum Gasteiger partial charge on any atom is -0.497 e. The second kappa shape index (κ2) is 5.17. The maximum Gasteiger partial charge on any atom is 0.309 e. The van der Waals surface area contributed by atoms with Crippen LogP contribution in [-0.4, -0.2) is 24.2 Å². The number of hydrogen-bond acceptors (Lipinski definition) is 3. The molecule has 104 valence electrons. The van der Waals surface area contributed by atoms with Gasteiger partial charge in [0.1, 0.15) is 11.6 Å². The second-order valence-corrected chi connectivity index (χ2v) is 5.35. The number of methoxy groups -OCH3 is 1. The van der Waals surface area contributed by atoms with Gasteiger partial charge in [0.15, 0.2) is 0 Å². The van der Waals surface area contributed by atoms with Gasteiger partial charge in [-0.05, 0) is 37.5 Å². The Morgan fingerprint density at radius 1 is 1.53 bits per heavy atom. The van der Waals surface area contributed by atoms with Crippen LogP contribution in [0.4, 0.5) is 4.39 Å². The zero-order valence-corrected chi connectivity index (χ0v) is 11.1. The highest BCUT2D eigenvalue weighted by molar-refractivity contribution is 5.75. The summed E-state index contributed by atoms with van der Waals surface area (Å²) in [7, 11) is 1.50. The van der Waals surface area contributed by atoms with E-state index in [1.165, 1.54) is 19.2 Å². The summed E-state index contributed by atoms with van der Waals surface area (Å²) in [6, 6.07) is 4.72. The van der Waals surface area contributed by atoms with Gasteiger partial charge in [0.2, 0.25) is 0 Å². The monoisotopic (exact) mass is 267 g/mol. The molecule has 2 N–H and O–H groups in total. The van der Waals surface area contributed by atoms with E-state index in [0.717, 1.165) is 5.56 Å². The van der Waals surface area contributed by atoms with Gasteiger partial charge in [-0.1, -0.05) is 0 Å². The molecule has 1 aromatic carbocycles. The van der Waals surface area contributed by atoms with E-state index in [-0.39, 0.29) is 11.9 Å². The van der Waals surface area contributed by atoms with E-state index in [4.69, 9.17) is 9.84 Å². The Hall–Kier alpha value is -1.62. The topological polar surface area (TPSA) is 58.6 Å². The van der Waals surface area contributed by atoms with E-state index >= 15 is 0 Å². The zero-order valence-electron chi connectivity index (χ0n) is 11.1. The molecule has 1 aliphatic rings. The highest BCUT2D eigenvalue weighted by Gasteiger charge is 2.46. The molecule has 1 saturated carbocycles. The minimum atomic E-state index is -0.752. The molecule has 0 heterocycles. The first-order valence-electron chi connectivity index (χ1n) is 6.23. The molecule has 0 unspecified atom stereocenters.